The Morgan fingerprint density at radius 2 is 1.97 bits per heavy atom. The largest absolute Gasteiger partial charge is 0.378 e. The second kappa shape index (κ2) is 9.96. The van der Waals surface area contributed by atoms with Crippen LogP contribution in [0.1, 0.15) is 24.1 Å². The summed E-state index contributed by atoms with van der Waals surface area (Å²) in [5, 5.41) is 7.30. The van der Waals surface area contributed by atoms with E-state index in [4.69, 9.17) is 4.74 Å². The molecule has 2 aliphatic rings. The Balaban J connectivity index is 1.20. The Hall–Kier alpha value is -2.29. The van der Waals surface area contributed by atoms with Gasteiger partial charge >= 0.3 is 0 Å². The number of thiazole rings is 1. The van der Waals surface area contributed by atoms with Crippen LogP contribution in [0.25, 0.3) is 0 Å². The van der Waals surface area contributed by atoms with Crippen LogP contribution < -0.4 is 15.2 Å². The van der Waals surface area contributed by atoms with Crippen molar-refractivity contribution in [2.24, 2.45) is 5.10 Å². The number of hydrogen-bond acceptors (Lipinski definition) is 6. The summed E-state index contributed by atoms with van der Waals surface area (Å²) in [5.74, 6) is -0.101. The van der Waals surface area contributed by atoms with Gasteiger partial charge in [-0.2, -0.15) is 5.10 Å². The molecule has 2 saturated heterocycles. The minimum atomic E-state index is -0.101. The van der Waals surface area contributed by atoms with E-state index in [9.17, 15) is 4.79 Å². The monoisotopic (exact) mass is 414 g/mol. The number of quaternary nitrogens is 1. The third kappa shape index (κ3) is 5.85. The summed E-state index contributed by atoms with van der Waals surface area (Å²) in [5.41, 5.74) is 5.98. The molecule has 29 heavy (non-hydrogen) atoms. The molecule has 1 amide bonds. The molecular weight excluding hydrogens is 386 g/mol. The summed E-state index contributed by atoms with van der Waals surface area (Å²) in [6.45, 7) is 6.34. The maximum atomic E-state index is 12.3. The first-order chi connectivity index (χ1) is 14.3. The average Bonchev–Trinajstić information content (AvgIpc) is 3.23. The zero-order valence-electron chi connectivity index (χ0n) is 16.6. The van der Waals surface area contributed by atoms with Gasteiger partial charge in [0.05, 0.1) is 38.4 Å². The molecule has 4 rings (SSSR count). The minimum absolute atomic E-state index is 0.101. The second-order valence-corrected chi connectivity index (χ2v) is 8.36. The highest BCUT2D eigenvalue weighted by molar-refractivity contribution is 7.13. The lowest BCUT2D eigenvalue weighted by atomic mass is 10.1. The first kappa shape index (κ1) is 20.0. The molecule has 3 heterocycles. The number of hydrogen-bond donors (Lipinski definition) is 2. The molecule has 0 spiro atoms. The zero-order chi connectivity index (χ0) is 19.9. The van der Waals surface area contributed by atoms with E-state index in [1.165, 1.54) is 5.56 Å². The summed E-state index contributed by atoms with van der Waals surface area (Å²) >= 11 is 1.59. The number of carbonyl (C=O) groups excluding carboxylic acids is 1. The number of morpholine rings is 1. The van der Waals surface area contributed by atoms with Crippen LogP contribution in [0.5, 0.6) is 0 Å². The average molecular weight is 415 g/mol. The van der Waals surface area contributed by atoms with E-state index in [1.54, 1.807) is 16.2 Å². The van der Waals surface area contributed by atoms with E-state index < -0.39 is 0 Å². The highest BCUT2D eigenvalue weighted by atomic mass is 32.1. The third-order valence-electron chi connectivity index (χ3n) is 5.33. The number of carbonyl (C=O) groups is 1. The van der Waals surface area contributed by atoms with E-state index in [0.717, 1.165) is 75.3 Å². The number of nitrogens with one attached hydrogen (secondary N) is 2. The number of likely N-dealkylation sites (tertiary alicyclic amines) is 1. The summed E-state index contributed by atoms with van der Waals surface area (Å²) in [7, 11) is 0. The van der Waals surface area contributed by atoms with Gasteiger partial charge in [0.15, 0.2) is 5.13 Å². The molecule has 0 aliphatic carbocycles. The van der Waals surface area contributed by atoms with Crippen molar-refractivity contribution in [2.75, 3.05) is 44.3 Å². The molecule has 0 unspecified atom stereocenters. The fraction of sp³-hybridized carbons (Fsp3) is 0.476. The lowest BCUT2D eigenvalue weighted by molar-refractivity contribution is -0.914. The number of hydrazone groups is 1. The van der Waals surface area contributed by atoms with E-state index in [-0.39, 0.29) is 12.3 Å². The van der Waals surface area contributed by atoms with Crippen molar-refractivity contribution in [3.8, 4) is 0 Å². The smallest absolute Gasteiger partial charge is 0.246 e. The van der Waals surface area contributed by atoms with Gasteiger partial charge < -0.3 is 14.5 Å². The molecule has 0 saturated carbocycles. The van der Waals surface area contributed by atoms with Crippen molar-refractivity contribution in [1.29, 1.82) is 0 Å². The van der Waals surface area contributed by atoms with Gasteiger partial charge in [0, 0.05) is 42.6 Å². The van der Waals surface area contributed by atoms with Crippen molar-refractivity contribution in [2.45, 2.75) is 25.8 Å². The maximum absolute atomic E-state index is 12.3. The molecule has 0 radical (unpaired) electrons. The molecule has 2 fully saturated rings. The van der Waals surface area contributed by atoms with Gasteiger partial charge in [0.2, 0.25) is 5.91 Å². The molecular formula is C21H28N5O2S+. The van der Waals surface area contributed by atoms with E-state index in [1.807, 2.05) is 5.38 Å². The molecule has 2 N–H and O–H groups in total. The second-order valence-electron chi connectivity index (χ2n) is 7.52. The van der Waals surface area contributed by atoms with Gasteiger partial charge in [-0.15, -0.1) is 11.3 Å². The number of nitrogens with zero attached hydrogens (tertiary/aromatic N) is 3. The predicted molar refractivity (Wildman–Crippen MR) is 115 cm³/mol. The first-order valence-corrected chi connectivity index (χ1v) is 11.1. The standard InChI is InChI=1S/C21H27N5O2S/c27-20(14-19-16-29-21(22-19)26-10-12-28-13-11-26)24-23-18-6-8-25(9-7-18)15-17-4-2-1-3-5-17/h1-5,16H,6-15H2,(H,24,27)/p+1. The summed E-state index contributed by atoms with van der Waals surface area (Å²) in [6, 6.07) is 10.6. The molecule has 154 valence electrons. The van der Waals surface area contributed by atoms with Crippen LogP contribution in [0, 0.1) is 0 Å². The van der Waals surface area contributed by atoms with Crippen LogP contribution >= 0.6 is 11.3 Å². The number of piperidine rings is 1. The maximum Gasteiger partial charge on any atom is 0.246 e. The Bertz CT molecular complexity index is 823. The fourth-order valence-corrected chi connectivity index (χ4v) is 4.57. The van der Waals surface area contributed by atoms with Gasteiger partial charge in [-0.25, -0.2) is 10.4 Å². The SMILES string of the molecule is O=C(Cc1csc(N2CCOCC2)n1)NN=C1CC[NH+](Cc2ccccc2)CC1. The zero-order valence-corrected chi connectivity index (χ0v) is 17.4. The molecule has 0 atom stereocenters. The number of aromatic nitrogens is 1. The van der Waals surface area contributed by atoms with Crippen LogP contribution in [0.3, 0.4) is 0 Å². The van der Waals surface area contributed by atoms with Crippen LogP contribution in [0.2, 0.25) is 0 Å². The van der Waals surface area contributed by atoms with Crippen molar-refractivity contribution >= 4 is 28.1 Å². The topological polar surface area (TPSA) is 71.3 Å². The molecule has 1 aromatic heterocycles. The van der Waals surface area contributed by atoms with Crippen LogP contribution in [0.4, 0.5) is 5.13 Å². The molecule has 8 heteroatoms. The summed E-state index contributed by atoms with van der Waals surface area (Å²) in [4.78, 5) is 20.6. The lowest BCUT2D eigenvalue weighted by Gasteiger charge is -2.26. The Labute approximate surface area is 175 Å². The van der Waals surface area contributed by atoms with E-state index in [2.05, 4.69) is 50.7 Å². The number of amides is 1. The van der Waals surface area contributed by atoms with E-state index in [0.29, 0.717) is 0 Å². The van der Waals surface area contributed by atoms with Crippen molar-refractivity contribution in [3.63, 3.8) is 0 Å². The Morgan fingerprint density at radius 3 is 2.72 bits per heavy atom. The van der Waals surface area contributed by atoms with E-state index >= 15 is 0 Å². The number of anilines is 1. The molecule has 2 aromatic rings. The summed E-state index contributed by atoms with van der Waals surface area (Å²) < 4.78 is 5.37. The van der Waals surface area contributed by atoms with Gasteiger partial charge in [-0.05, 0) is 0 Å². The highest BCUT2D eigenvalue weighted by Gasteiger charge is 2.19. The molecule has 0 bridgehead atoms. The van der Waals surface area contributed by atoms with Gasteiger partial charge in [0.1, 0.15) is 6.54 Å². The summed E-state index contributed by atoms with van der Waals surface area (Å²) in [6.07, 6.45) is 2.13. The Morgan fingerprint density at radius 1 is 1.21 bits per heavy atom. The number of ether oxygens (including phenoxy) is 1. The predicted octanol–water partition coefficient (Wildman–Crippen LogP) is 0.873. The minimum Gasteiger partial charge on any atom is -0.378 e. The van der Waals surface area contributed by atoms with Crippen LogP contribution in [0.15, 0.2) is 40.8 Å². The normalized spacial score (nSPS) is 19.8. The molecule has 1 aromatic carbocycles. The molecule has 7 nitrogen and oxygen atoms in total. The van der Waals surface area contributed by atoms with Crippen LogP contribution in [-0.4, -0.2) is 56.0 Å². The third-order valence-corrected chi connectivity index (χ3v) is 6.28. The van der Waals surface area contributed by atoms with Crippen LogP contribution in [-0.2, 0) is 22.5 Å². The lowest BCUT2D eigenvalue weighted by Crippen LogP contribution is -3.11. The fourth-order valence-electron chi connectivity index (χ4n) is 3.69. The van der Waals surface area contributed by atoms with Crippen molar-refractivity contribution < 1.29 is 14.4 Å². The first-order valence-electron chi connectivity index (χ1n) is 10.2. The number of benzene rings is 1. The number of rotatable bonds is 6. The van der Waals surface area contributed by atoms with Gasteiger partial charge in [-0.1, -0.05) is 30.3 Å². The Kier molecular flexibility index (Phi) is 6.87. The van der Waals surface area contributed by atoms with Crippen molar-refractivity contribution in [1.82, 2.24) is 10.4 Å². The highest BCUT2D eigenvalue weighted by Crippen LogP contribution is 2.21. The molecule has 2 aliphatic heterocycles. The quantitative estimate of drug-likeness (QED) is 0.689. The van der Waals surface area contributed by atoms with Gasteiger partial charge in [0.25, 0.3) is 0 Å². The van der Waals surface area contributed by atoms with Gasteiger partial charge in [-0.3, -0.25) is 4.79 Å². The van der Waals surface area contributed by atoms with Crippen molar-refractivity contribution in [3.05, 3.63) is 47.0 Å².